The molecule has 4 heteroatoms. The van der Waals surface area contributed by atoms with E-state index in [0.29, 0.717) is 0 Å². The highest BCUT2D eigenvalue weighted by atomic mass is 16.1. The highest BCUT2D eigenvalue weighted by molar-refractivity contribution is 5.98. The van der Waals surface area contributed by atoms with Crippen LogP contribution in [-0.2, 0) is 11.8 Å². The van der Waals surface area contributed by atoms with Gasteiger partial charge in [-0.05, 0) is 43.0 Å². The zero-order valence-electron chi connectivity index (χ0n) is 16.2. The Morgan fingerprint density at radius 2 is 1.82 bits per heavy atom. The number of hydrogen-bond donors (Lipinski definition) is 2. The molecule has 0 atom stereocenters. The molecule has 1 fully saturated rings. The summed E-state index contributed by atoms with van der Waals surface area (Å²) in [5.41, 5.74) is 7.50. The Morgan fingerprint density at radius 1 is 1.04 bits per heavy atom. The number of nitrogens with zero attached hydrogens (tertiary/aromatic N) is 1. The molecule has 1 aliphatic heterocycles. The predicted molar refractivity (Wildman–Crippen MR) is 111 cm³/mol. The molecule has 5 rings (SSSR count). The largest absolute Gasteiger partial charge is 0.357 e. The number of H-pyrrole nitrogens is 1. The third-order valence-corrected chi connectivity index (χ3v) is 6.47. The summed E-state index contributed by atoms with van der Waals surface area (Å²) in [7, 11) is 0. The van der Waals surface area contributed by atoms with E-state index in [4.69, 9.17) is 0 Å². The number of aromatic nitrogens is 2. The Labute approximate surface area is 165 Å². The Bertz CT molecular complexity index is 1030. The molecule has 28 heavy (non-hydrogen) atoms. The summed E-state index contributed by atoms with van der Waals surface area (Å²) >= 11 is 0. The van der Waals surface area contributed by atoms with Crippen molar-refractivity contribution in [2.75, 3.05) is 6.54 Å². The van der Waals surface area contributed by atoms with Crippen LogP contribution >= 0.6 is 0 Å². The van der Waals surface area contributed by atoms with Crippen LogP contribution in [0.15, 0.2) is 48.7 Å². The van der Waals surface area contributed by atoms with Gasteiger partial charge in [-0.3, -0.25) is 9.78 Å². The number of carbonyl (C=O) groups excluding carboxylic acids is 1. The van der Waals surface area contributed by atoms with Crippen LogP contribution in [0.5, 0.6) is 0 Å². The van der Waals surface area contributed by atoms with Crippen molar-refractivity contribution in [3.8, 4) is 22.5 Å². The van der Waals surface area contributed by atoms with Crippen LogP contribution in [0.4, 0.5) is 0 Å². The first-order chi connectivity index (χ1) is 13.7. The number of hydrogen-bond acceptors (Lipinski definition) is 2. The molecule has 1 amide bonds. The molecule has 142 valence electrons. The Hall–Kier alpha value is -2.88. The fourth-order valence-corrected chi connectivity index (χ4v) is 4.79. The second-order valence-electron chi connectivity index (χ2n) is 8.12. The molecule has 2 aliphatic rings. The van der Waals surface area contributed by atoms with Gasteiger partial charge in [-0.25, -0.2) is 0 Å². The van der Waals surface area contributed by atoms with Gasteiger partial charge in [0.1, 0.15) is 0 Å². The molecular weight excluding hydrogens is 346 g/mol. The Morgan fingerprint density at radius 3 is 2.57 bits per heavy atom. The van der Waals surface area contributed by atoms with Crippen molar-refractivity contribution in [3.63, 3.8) is 0 Å². The minimum absolute atomic E-state index is 0.0412. The number of aryl methyl sites for hydroxylation is 1. The standard InChI is InChI=1S/C24H25N3O/c1-2-16-5-7-17(8-6-16)20-13-18(9-12-25-20)21-14-19-22(27-21)24(10-3-4-11-24)15-26-23(19)28/h5-9,12-14,27H,2-4,10-11,15H2,1H3,(H,26,28). The molecule has 1 aliphatic carbocycles. The van der Waals surface area contributed by atoms with Gasteiger partial charge in [-0.15, -0.1) is 0 Å². The van der Waals surface area contributed by atoms with Crippen LogP contribution in [0.2, 0.25) is 0 Å². The van der Waals surface area contributed by atoms with Gasteiger partial charge in [0.15, 0.2) is 0 Å². The highest BCUT2D eigenvalue weighted by Gasteiger charge is 2.43. The first-order valence-electron chi connectivity index (χ1n) is 10.3. The van der Waals surface area contributed by atoms with E-state index in [1.807, 2.05) is 18.3 Å². The SMILES string of the molecule is CCc1ccc(-c2cc(-c3cc4c([nH]3)C3(CCCC3)CNC4=O)ccn2)cc1. The fourth-order valence-electron chi connectivity index (χ4n) is 4.79. The summed E-state index contributed by atoms with van der Waals surface area (Å²) in [4.78, 5) is 20.7. The number of amides is 1. The van der Waals surface area contributed by atoms with Gasteiger partial charge in [0.25, 0.3) is 5.91 Å². The van der Waals surface area contributed by atoms with Gasteiger partial charge in [-0.2, -0.15) is 0 Å². The molecule has 0 saturated heterocycles. The lowest BCUT2D eigenvalue weighted by Crippen LogP contribution is -2.45. The van der Waals surface area contributed by atoms with Crippen LogP contribution < -0.4 is 5.32 Å². The second-order valence-corrected chi connectivity index (χ2v) is 8.12. The van der Waals surface area contributed by atoms with Gasteiger partial charge in [0, 0.05) is 40.7 Å². The van der Waals surface area contributed by atoms with Crippen molar-refractivity contribution >= 4 is 5.91 Å². The number of carbonyl (C=O) groups is 1. The quantitative estimate of drug-likeness (QED) is 0.691. The first-order valence-corrected chi connectivity index (χ1v) is 10.3. The number of nitrogens with one attached hydrogen (secondary N) is 2. The zero-order chi connectivity index (χ0) is 19.1. The third kappa shape index (κ3) is 2.75. The molecule has 1 saturated carbocycles. The Kier molecular flexibility index (Phi) is 4.08. The lowest BCUT2D eigenvalue weighted by Gasteiger charge is -2.33. The molecule has 0 bridgehead atoms. The van der Waals surface area contributed by atoms with Crippen LogP contribution in [0.1, 0.15) is 54.2 Å². The molecule has 2 N–H and O–H groups in total. The van der Waals surface area contributed by atoms with Crippen LogP contribution in [0, 0.1) is 0 Å². The fraction of sp³-hybridized carbons (Fsp3) is 0.333. The molecular formula is C24H25N3O. The van der Waals surface area contributed by atoms with Crippen molar-refractivity contribution in [1.82, 2.24) is 15.3 Å². The van der Waals surface area contributed by atoms with E-state index in [9.17, 15) is 4.79 Å². The number of rotatable bonds is 3. The van der Waals surface area contributed by atoms with Crippen molar-refractivity contribution in [3.05, 3.63) is 65.5 Å². The van der Waals surface area contributed by atoms with Crippen molar-refractivity contribution < 1.29 is 4.79 Å². The molecule has 2 aromatic heterocycles. The predicted octanol–water partition coefficient (Wildman–Crippen LogP) is 4.86. The molecule has 3 aromatic rings. The maximum absolute atomic E-state index is 12.5. The second kappa shape index (κ2) is 6.62. The van der Waals surface area contributed by atoms with E-state index >= 15 is 0 Å². The van der Waals surface area contributed by atoms with Gasteiger partial charge in [0.2, 0.25) is 0 Å². The van der Waals surface area contributed by atoms with Crippen LogP contribution in [0.25, 0.3) is 22.5 Å². The molecule has 0 radical (unpaired) electrons. The normalized spacial score (nSPS) is 17.5. The van der Waals surface area contributed by atoms with E-state index in [1.54, 1.807) is 0 Å². The number of pyridine rings is 1. The smallest absolute Gasteiger partial charge is 0.253 e. The lowest BCUT2D eigenvalue weighted by atomic mass is 9.78. The molecule has 1 spiro atoms. The van der Waals surface area contributed by atoms with Crippen LogP contribution in [0.3, 0.4) is 0 Å². The average molecular weight is 371 g/mol. The topological polar surface area (TPSA) is 57.8 Å². The first kappa shape index (κ1) is 17.2. The summed E-state index contributed by atoms with van der Waals surface area (Å²) in [5.74, 6) is 0.0412. The van der Waals surface area contributed by atoms with E-state index in [0.717, 1.165) is 59.6 Å². The monoisotopic (exact) mass is 371 g/mol. The summed E-state index contributed by atoms with van der Waals surface area (Å²) in [6.45, 7) is 2.91. The zero-order valence-corrected chi connectivity index (χ0v) is 16.2. The van der Waals surface area contributed by atoms with Crippen molar-refractivity contribution in [1.29, 1.82) is 0 Å². The van der Waals surface area contributed by atoms with E-state index < -0.39 is 0 Å². The summed E-state index contributed by atoms with van der Waals surface area (Å²) in [5, 5.41) is 3.11. The van der Waals surface area contributed by atoms with Gasteiger partial charge >= 0.3 is 0 Å². The average Bonchev–Trinajstić information content (AvgIpc) is 3.40. The summed E-state index contributed by atoms with van der Waals surface area (Å²) in [6.07, 6.45) is 7.64. The molecule has 4 nitrogen and oxygen atoms in total. The van der Waals surface area contributed by atoms with Crippen molar-refractivity contribution in [2.24, 2.45) is 0 Å². The van der Waals surface area contributed by atoms with Crippen molar-refractivity contribution in [2.45, 2.75) is 44.4 Å². The van der Waals surface area contributed by atoms with E-state index in [1.165, 1.54) is 18.4 Å². The Balaban J connectivity index is 1.54. The molecule has 1 aromatic carbocycles. The maximum Gasteiger partial charge on any atom is 0.253 e. The molecule has 0 unspecified atom stereocenters. The van der Waals surface area contributed by atoms with Gasteiger partial charge in [0.05, 0.1) is 11.3 Å². The van der Waals surface area contributed by atoms with E-state index in [2.05, 4.69) is 52.5 Å². The third-order valence-electron chi connectivity index (χ3n) is 6.47. The number of benzene rings is 1. The summed E-state index contributed by atoms with van der Waals surface area (Å²) < 4.78 is 0. The lowest BCUT2D eigenvalue weighted by molar-refractivity contribution is 0.0924. The molecule has 3 heterocycles. The number of fused-ring (bicyclic) bond motifs is 2. The highest BCUT2D eigenvalue weighted by Crippen LogP contribution is 2.44. The maximum atomic E-state index is 12.5. The minimum Gasteiger partial charge on any atom is -0.357 e. The van der Waals surface area contributed by atoms with Crippen LogP contribution in [-0.4, -0.2) is 22.4 Å². The van der Waals surface area contributed by atoms with Gasteiger partial charge < -0.3 is 10.3 Å². The minimum atomic E-state index is 0.0412. The van der Waals surface area contributed by atoms with Gasteiger partial charge in [-0.1, -0.05) is 44.0 Å². The van der Waals surface area contributed by atoms with E-state index in [-0.39, 0.29) is 11.3 Å². The summed E-state index contributed by atoms with van der Waals surface area (Å²) in [6, 6.07) is 14.7. The number of aromatic amines is 1.